The fourth-order valence-corrected chi connectivity index (χ4v) is 2.00. The molecule has 1 fully saturated rings. The highest BCUT2D eigenvalue weighted by Gasteiger charge is 2.16. The Morgan fingerprint density at radius 2 is 2.06 bits per heavy atom. The summed E-state index contributed by atoms with van der Waals surface area (Å²) in [5.41, 5.74) is 0. The van der Waals surface area contributed by atoms with Gasteiger partial charge in [0.05, 0.1) is 19.8 Å². The zero-order chi connectivity index (χ0) is 12.5. The zero-order valence-electron chi connectivity index (χ0n) is 10.2. The summed E-state index contributed by atoms with van der Waals surface area (Å²) in [7, 11) is 0. The molecule has 0 aromatic carbocycles. The maximum atomic E-state index is 11.7. The number of ether oxygens (including phenoxy) is 1. The lowest BCUT2D eigenvalue weighted by Crippen LogP contribution is -2.45. The molecule has 5 nitrogen and oxygen atoms in total. The number of hydrogen-bond donors (Lipinski definition) is 1. The molecular formula is C11H20N2O3S. The van der Waals surface area contributed by atoms with Crippen molar-refractivity contribution in [2.75, 3.05) is 44.9 Å². The fourth-order valence-electron chi connectivity index (χ4n) is 1.56. The maximum absolute atomic E-state index is 11.7. The third kappa shape index (κ3) is 5.93. The van der Waals surface area contributed by atoms with Crippen LogP contribution in [0.4, 0.5) is 0 Å². The number of carbonyl (C=O) groups is 2. The number of amides is 2. The van der Waals surface area contributed by atoms with Crippen molar-refractivity contribution < 1.29 is 14.3 Å². The molecule has 17 heavy (non-hydrogen) atoms. The summed E-state index contributed by atoms with van der Waals surface area (Å²) in [6, 6.07) is 0. The van der Waals surface area contributed by atoms with E-state index < -0.39 is 0 Å². The van der Waals surface area contributed by atoms with Crippen LogP contribution in [0.1, 0.15) is 12.8 Å². The first kappa shape index (κ1) is 14.3. The number of rotatable bonds is 6. The van der Waals surface area contributed by atoms with E-state index >= 15 is 0 Å². The Hall–Kier alpha value is -0.750. The van der Waals surface area contributed by atoms with Gasteiger partial charge in [-0.1, -0.05) is 0 Å². The van der Waals surface area contributed by atoms with Crippen LogP contribution in [0.25, 0.3) is 0 Å². The minimum atomic E-state index is -0.0411. The van der Waals surface area contributed by atoms with Crippen molar-refractivity contribution in [2.24, 2.45) is 0 Å². The highest BCUT2D eigenvalue weighted by atomic mass is 32.2. The predicted molar refractivity (Wildman–Crippen MR) is 68.0 cm³/mol. The van der Waals surface area contributed by atoms with Crippen molar-refractivity contribution in [1.82, 2.24) is 10.2 Å². The van der Waals surface area contributed by atoms with E-state index in [1.54, 1.807) is 16.7 Å². The molecule has 1 heterocycles. The minimum absolute atomic E-state index is 0.0217. The molecule has 1 N–H and O–H groups in total. The SMILES string of the molecule is CSCCCC(=O)NCC(=O)N1CCOCC1. The highest BCUT2D eigenvalue weighted by molar-refractivity contribution is 7.98. The Kier molecular flexibility index (Phi) is 7.04. The van der Waals surface area contributed by atoms with Gasteiger partial charge in [0.15, 0.2) is 0 Å². The molecule has 6 heteroatoms. The number of thioether (sulfide) groups is 1. The molecule has 1 aliphatic heterocycles. The van der Waals surface area contributed by atoms with E-state index in [2.05, 4.69) is 5.32 Å². The Labute approximate surface area is 106 Å². The van der Waals surface area contributed by atoms with E-state index in [0.717, 1.165) is 12.2 Å². The van der Waals surface area contributed by atoms with E-state index in [1.807, 2.05) is 6.26 Å². The third-order valence-electron chi connectivity index (χ3n) is 2.55. The van der Waals surface area contributed by atoms with Gasteiger partial charge in [0.25, 0.3) is 0 Å². The summed E-state index contributed by atoms with van der Waals surface area (Å²) in [5, 5.41) is 2.66. The van der Waals surface area contributed by atoms with Crippen molar-refractivity contribution in [3.05, 3.63) is 0 Å². The van der Waals surface area contributed by atoms with Crippen LogP contribution in [0.2, 0.25) is 0 Å². The normalized spacial score (nSPS) is 15.7. The van der Waals surface area contributed by atoms with Crippen LogP contribution in [0.3, 0.4) is 0 Å². The number of morpholine rings is 1. The standard InChI is InChI=1S/C11H20N2O3S/c1-17-8-2-3-10(14)12-9-11(15)13-4-6-16-7-5-13/h2-9H2,1H3,(H,12,14). The minimum Gasteiger partial charge on any atom is -0.378 e. The lowest BCUT2D eigenvalue weighted by Gasteiger charge is -2.26. The summed E-state index contributed by atoms with van der Waals surface area (Å²) in [6.07, 6.45) is 3.37. The number of nitrogens with one attached hydrogen (secondary N) is 1. The quantitative estimate of drug-likeness (QED) is 0.688. The van der Waals surface area contributed by atoms with Crippen LogP contribution < -0.4 is 5.32 Å². The van der Waals surface area contributed by atoms with Gasteiger partial charge >= 0.3 is 0 Å². The Bertz CT molecular complexity index is 255. The van der Waals surface area contributed by atoms with Gasteiger partial charge in [0.2, 0.25) is 11.8 Å². The lowest BCUT2D eigenvalue weighted by atomic mass is 10.3. The number of hydrogen-bond acceptors (Lipinski definition) is 4. The second-order valence-corrected chi connectivity index (χ2v) is 4.85. The number of nitrogens with zero attached hydrogens (tertiary/aromatic N) is 1. The van der Waals surface area contributed by atoms with Crippen LogP contribution in [-0.4, -0.2) is 61.6 Å². The third-order valence-corrected chi connectivity index (χ3v) is 3.25. The average Bonchev–Trinajstić information content (AvgIpc) is 2.37. The van der Waals surface area contributed by atoms with Gasteiger partial charge in [-0.25, -0.2) is 0 Å². The zero-order valence-corrected chi connectivity index (χ0v) is 11.1. The molecule has 0 saturated carbocycles. The molecule has 1 rings (SSSR count). The van der Waals surface area contributed by atoms with Crippen LogP contribution in [0, 0.1) is 0 Å². The Morgan fingerprint density at radius 3 is 2.71 bits per heavy atom. The van der Waals surface area contributed by atoms with E-state index in [9.17, 15) is 9.59 Å². The smallest absolute Gasteiger partial charge is 0.242 e. The molecule has 2 amide bonds. The topological polar surface area (TPSA) is 58.6 Å². The maximum Gasteiger partial charge on any atom is 0.242 e. The van der Waals surface area contributed by atoms with Gasteiger partial charge < -0.3 is 15.0 Å². The van der Waals surface area contributed by atoms with Crippen LogP contribution in [0.5, 0.6) is 0 Å². The first-order chi connectivity index (χ1) is 8.24. The summed E-state index contributed by atoms with van der Waals surface area (Å²) in [5.74, 6) is 0.914. The fraction of sp³-hybridized carbons (Fsp3) is 0.818. The molecule has 0 aliphatic carbocycles. The Morgan fingerprint density at radius 1 is 1.35 bits per heavy atom. The first-order valence-electron chi connectivity index (χ1n) is 5.85. The van der Waals surface area contributed by atoms with E-state index in [-0.39, 0.29) is 18.4 Å². The van der Waals surface area contributed by atoms with Gasteiger partial charge in [-0.3, -0.25) is 9.59 Å². The molecule has 0 bridgehead atoms. The van der Waals surface area contributed by atoms with E-state index in [4.69, 9.17) is 4.74 Å². The summed E-state index contributed by atoms with van der Waals surface area (Å²) >= 11 is 1.72. The molecule has 98 valence electrons. The summed E-state index contributed by atoms with van der Waals surface area (Å²) < 4.78 is 5.16. The molecule has 0 unspecified atom stereocenters. The number of carbonyl (C=O) groups excluding carboxylic acids is 2. The van der Waals surface area contributed by atoms with Gasteiger partial charge in [0, 0.05) is 19.5 Å². The van der Waals surface area contributed by atoms with Crippen molar-refractivity contribution in [3.8, 4) is 0 Å². The van der Waals surface area contributed by atoms with Gasteiger partial charge in [-0.2, -0.15) is 11.8 Å². The van der Waals surface area contributed by atoms with Crippen molar-refractivity contribution in [3.63, 3.8) is 0 Å². The van der Waals surface area contributed by atoms with Crippen molar-refractivity contribution >= 4 is 23.6 Å². The monoisotopic (exact) mass is 260 g/mol. The van der Waals surface area contributed by atoms with Crippen LogP contribution >= 0.6 is 11.8 Å². The van der Waals surface area contributed by atoms with Crippen molar-refractivity contribution in [2.45, 2.75) is 12.8 Å². The molecule has 1 saturated heterocycles. The first-order valence-corrected chi connectivity index (χ1v) is 7.24. The second kappa shape index (κ2) is 8.36. The van der Waals surface area contributed by atoms with Gasteiger partial charge in [0.1, 0.15) is 0 Å². The Balaban J connectivity index is 2.11. The molecule has 1 aliphatic rings. The predicted octanol–water partition coefficient (Wildman–Crippen LogP) is 0.105. The molecule has 0 radical (unpaired) electrons. The average molecular weight is 260 g/mol. The summed E-state index contributed by atoms with van der Waals surface area (Å²) in [4.78, 5) is 24.8. The van der Waals surface area contributed by atoms with Gasteiger partial charge in [-0.15, -0.1) is 0 Å². The van der Waals surface area contributed by atoms with Crippen LogP contribution in [-0.2, 0) is 14.3 Å². The van der Waals surface area contributed by atoms with E-state index in [1.165, 1.54) is 0 Å². The lowest BCUT2D eigenvalue weighted by molar-refractivity contribution is -0.136. The van der Waals surface area contributed by atoms with Gasteiger partial charge in [-0.05, 0) is 18.4 Å². The summed E-state index contributed by atoms with van der Waals surface area (Å²) in [6.45, 7) is 2.54. The largest absolute Gasteiger partial charge is 0.378 e. The molecular weight excluding hydrogens is 240 g/mol. The van der Waals surface area contributed by atoms with Crippen molar-refractivity contribution in [1.29, 1.82) is 0 Å². The molecule has 0 spiro atoms. The molecule has 0 atom stereocenters. The molecule has 0 aromatic rings. The van der Waals surface area contributed by atoms with E-state index in [0.29, 0.717) is 32.7 Å². The second-order valence-electron chi connectivity index (χ2n) is 3.87. The highest BCUT2D eigenvalue weighted by Crippen LogP contribution is 1.99. The molecule has 0 aromatic heterocycles. The van der Waals surface area contributed by atoms with Crippen LogP contribution in [0.15, 0.2) is 0 Å².